The molecule has 500 valence electrons. The van der Waals surface area contributed by atoms with Gasteiger partial charge >= 0.3 is 0 Å². The molecule has 0 fully saturated rings. The van der Waals surface area contributed by atoms with Crippen LogP contribution in [-0.2, 0) is 21.7 Å². The Morgan fingerprint density at radius 3 is 0.740 bits per heavy atom. The largest absolute Gasteiger partial charge is 0.310 e. The van der Waals surface area contributed by atoms with E-state index in [0.717, 1.165) is 0 Å². The molecule has 0 radical (unpaired) electrons. The zero-order valence-corrected chi connectivity index (χ0v) is 60.1. The molecule has 0 unspecified atom stereocenters. The van der Waals surface area contributed by atoms with Crippen molar-refractivity contribution in [3.8, 4) is 22.3 Å². The molecule has 4 nitrogen and oxygen atoms in total. The first-order valence-corrected chi connectivity index (χ1v) is 36.7. The van der Waals surface area contributed by atoms with Gasteiger partial charge in [0.15, 0.2) is 0 Å². The Labute approximate surface area is 610 Å². The Morgan fingerprint density at radius 2 is 0.404 bits per heavy atom. The topological polar surface area (TPSA) is 13.0 Å². The highest BCUT2D eigenvalue weighted by atomic mass is 15.2. The summed E-state index contributed by atoms with van der Waals surface area (Å²) in [5, 5.41) is 10.00. The van der Waals surface area contributed by atoms with Crippen LogP contribution in [0.3, 0.4) is 0 Å². The van der Waals surface area contributed by atoms with Crippen molar-refractivity contribution >= 4 is 111 Å². The van der Waals surface area contributed by atoms with Crippen LogP contribution in [0.2, 0.25) is 0 Å². The quantitative estimate of drug-likeness (QED) is 0.164. The van der Waals surface area contributed by atoms with Gasteiger partial charge in [0.1, 0.15) is 0 Å². The van der Waals surface area contributed by atoms with Gasteiger partial charge in [0.25, 0.3) is 0 Å². The number of hydrogen-bond acceptors (Lipinski definition) is 4. The summed E-state index contributed by atoms with van der Waals surface area (Å²) in [5.74, 6) is 0. The maximum absolute atomic E-state index is 2.48. The van der Waals surface area contributed by atoms with Crippen LogP contribution >= 0.6 is 0 Å². The van der Waals surface area contributed by atoms with E-state index in [2.05, 4.69) is 415 Å². The lowest BCUT2D eigenvalue weighted by molar-refractivity contribution is 0.631. The van der Waals surface area contributed by atoms with E-state index in [9.17, 15) is 0 Å². The number of hydrogen-bond donors (Lipinski definition) is 0. The van der Waals surface area contributed by atoms with Crippen molar-refractivity contribution in [2.75, 3.05) is 19.6 Å². The second-order valence-corrected chi connectivity index (χ2v) is 30.9. The van der Waals surface area contributed by atoms with Crippen LogP contribution in [0.1, 0.15) is 99.9 Å². The third kappa shape index (κ3) is 9.72. The maximum atomic E-state index is 2.48. The van der Waals surface area contributed by atoms with E-state index in [0.29, 0.717) is 0 Å². The van der Waals surface area contributed by atoms with Crippen molar-refractivity contribution in [3.05, 3.63) is 384 Å². The SMILES string of the molecule is CC1(C)c2ccccc2N(c2ccc3ccccc3c2)c2ccc(-c3ccc4c(c3)C(C)(C)c3ccccc3N4c3ccc4ccccc4c3)cc21.CC1(C)c2ccccc2N(c2cccc3ccccc23)c2ccc(-c3ccc4c(c3)C(C)(C)c3ccccc3N4c3cccc4ccccc34)cc21. The third-order valence-electron chi connectivity index (χ3n) is 23.6. The zero-order chi connectivity index (χ0) is 70.4. The fourth-order valence-corrected chi connectivity index (χ4v) is 18.0. The molecular weight excluding hydrogens is 1260 g/mol. The summed E-state index contributed by atoms with van der Waals surface area (Å²) in [6.07, 6.45) is 0. The van der Waals surface area contributed by atoms with Crippen molar-refractivity contribution in [2.45, 2.75) is 77.0 Å². The first kappa shape index (κ1) is 62.7. The molecule has 0 atom stereocenters. The van der Waals surface area contributed by atoms with Crippen molar-refractivity contribution in [2.24, 2.45) is 0 Å². The minimum Gasteiger partial charge on any atom is -0.310 e. The average Bonchev–Trinajstić information content (AvgIpc) is 0.731. The first-order valence-electron chi connectivity index (χ1n) is 36.7. The monoisotopic (exact) mass is 1340 g/mol. The van der Waals surface area contributed by atoms with Crippen LogP contribution in [-0.4, -0.2) is 0 Å². The van der Waals surface area contributed by atoms with E-state index in [1.807, 2.05) is 0 Å². The van der Waals surface area contributed by atoms with Crippen LogP contribution in [0.15, 0.2) is 340 Å². The van der Waals surface area contributed by atoms with Gasteiger partial charge in [-0.3, -0.25) is 0 Å². The van der Waals surface area contributed by atoms with E-state index < -0.39 is 0 Å². The lowest BCUT2D eigenvalue weighted by Gasteiger charge is -2.43. The predicted molar refractivity (Wildman–Crippen MR) is 441 cm³/mol. The molecule has 16 aromatic carbocycles. The van der Waals surface area contributed by atoms with Crippen LogP contribution in [0.4, 0.5) is 68.2 Å². The smallest absolute Gasteiger partial charge is 0.0540 e. The van der Waals surface area contributed by atoms with E-state index in [1.165, 1.54) is 178 Å². The number of benzene rings is 16. The molecule has 104 heavy (non-hydrogen) atoms. The molecule has 0 saturated heterocycles. The summed E-state index contributed by atoms with van der Waals surface area (Å²) in [5.41, 5.74) is 29.5. The Morgan fingerprint density at radius 1 is 0.163 bits per heavy atom. The summed E-state index contributed by atoms with van der Waals surface area (Å²) in [6.45, 7) is 19.0. The third-order valence-corrected chi connectivity index (χ3v) is 23.6. The highest BCUT2D eigenvalue weighted by molar-refractivity contribution is 6.04. The van der Waals surface area contributed by atoms with Gasteiger partial charge in [-0.25, -0.2) is 0 Å². The Balaban J connectivity index is 0.000000143. The van der Waals surface area contributed by atoms with Crippen molar-refractivity contribution < 1.29 is 0 Å². The molecule has 0 saturated carbocycles. The minimum absolute atomic E-state index is 0.186. The van der Waals surface area contributed by atoms with Gasteiger partial charge in [0.05, 0.1) is 56.9 Å². The van der Waals surface area contributed by atoms with Gasteiger partial charge in [-0.05, 0) is 208 Å². The molecule has 0 aliphatic carbocycles. The molecule has 16 aromatic rings. The Bertz CT molecular complexity index is 5800. The number of fused-ring (bicyclic) bond motifs is 12. The second-order valence-electron chi connectivity index (χ2n) is 30.9. The number of nitrogens with zero attached hydrogens (tertiary/aromatic N) is 4. The summed E-state index contributed by atoms with van der Waals surface area (Å²) >= 11 is 0. The lowest BCUT2D eigenvalue weighted by Crippen LogP contribution is -2.31. The summed E-state index contributed by atoms with van der Waals surface area (Å²) < 4.78 is 0. The lowest BCUT2D eigenvalue weighted by atomic mass is 9.71. The molecule has 0 spiro atoms. The van der Waals surface area contributed by atoms with Crippen molar-refractivity contribution in [1.29, 1.82) is 0 Å². The molecule has 0 N–H and O–H groups in total. The van der Waals surface area contributed by atoms with Gasteiger partial charge < -0.3 is 19.6 Å². The van der Waals surface area contributed by atoms with E-state index in [1.54, 1.807) is 0 Å². The van der Waals surface area contributed by atoms with Gasteiger partial charge in [-0.2, -0.15) is 0 Å². The predicted octanol–water partition coefficient (Wildman–Crippen LogP) is 27.8. The molecule has 4 aliphatic heterocycles. The Kier molecular flexibility index (Phi) is 14.3. The van der Waals surface area contributed by atoms with Crippen LogP contribution in [0.5, 0.6) is 0 Å². The van der Waals surface area contributed by atoms with Crippen molar-refractivity contribution in [3.63, 3.8) is 0 Å². The highest BCUT2D eigenvalue weighted by Crippen LogP contribution is 2.59. The minimum atomic E-state index is -0.194. The van der Waals surface area contributed by atoms with E-state index in [-0.39, 0.29) is 21.7 Å². The standard InChI is InChI=1S/2C50H40N2/c1-49(2)39-21-9-11-23-45(39)51(43-25-13-17-33-15-5-7-19-37(33)43)47-29-27-35(31-41(47)49)36-28-30-48-42(32-36)50(3,4)40-22-10-12-24-46(40)52(48)44-26-14-18-34-16-6-8-20-38(34)44;1-49(2)41-17-9-11-19-45(41)51(39-25-21-33-13-5-7-15-35(33)29-39)47-27-23-37(31-43(47)49)38-24-28-48-44(32-38)50(3,4)42-18-10-12-20-46(42)52(48)40-26-22-34-14-6-8-16-36(34)30-40/h2*5-32H,1-4H3. The molecule has 0 aromatic heterocycles. The molecule has 4 heteroatoms. The zero-order valence-electron chi connectivity index (χ0n) is 60.1. The van der Waals surface area contributed by atoms with E-state index >= 15 is 0 Å². The molecular formula is C100H80N4. The fourth-order valence-electron chi connectivity index (χ4n) is 18.0. The Hall–Kier alpha value is -12.2. The maximum Gasteiger partial charge on any atom is 0.0540 e. The van der Waals surface area contributed by atoms with Crippen LogP contribution in [0.25, 0.3) is 65.3 Å². The molecule has 4 aliphatic rings. The van der Waals surface area contributed by atoms with E-state index in [4.69, 9.17) is 0 Å². The van der Waals surface area contributed by atoms with Gasteiger partial charge in [-0.15, -0.1) is 0 Å². The van der Waals surface area contributed by atoms with Crippen LogP contribution in [0, 0.1) is 0 Å². The van der Waals surface area contributed by atoms with Crippen LogP contribution < -0.4 is 19.6 Å². The van der Waals surface area contributed by atoms with Gasteiger partial charge in [0.2, 0.25) is 0 Å². The summed E-state index contributed by atoms with van der Waals surface area (Å²) in [6, 6.07) is 126. The summed E-state index contributed by atoms with van der Waals surface area (Å²) in [7, 11) is 0. The molecule has 0 amide bonds. The molecule has 20 rings (SSSR count). The number of rotatable bonds is 6. The highest BCUT2D eigenvalue weighted by Gasteiger charge is 2.42. The first-order chi connectivity index (χ1) is 50.6. The van der Waals surface area contributed by atoms with Crippen molar-refractivity contribution in [1.82, 2.24) is 0 Å². The number of anilines is 12. The normalized spacial score (nSPS) is 15.2. The molecule has 4 heterocycles. The number of para-hydroxylation sites is 4. The second kappa shape index (κ2) is 23.7. The van der Waals surface area contributed by atoms with Gasteiger partial charge in [-0.1, -0.05) is 286 Å². The fraction of sp³-hybridized carbons (Fsp3) is 0.120. The molecule has 0 bridgehead atoms. The van der Waals surface area contributed by atoms with Gasteiger partial charge in [0, 0.05) is 43.8 Å². The summed E-state index contributed by atoms with van der Waals surface area (Å²) in [4.78, 5) is 9.88. The average molecular weight is 1340 g/mol.